The molecule has 3 heterocycles. The van der Waals surface area contributed by atoms with Crippen LogP contribution in [-0.4, -0.2) is 59.5 Å². The molecule has 1 aliphatic carbocycles. The highest BCUT2D eigenvalue weighted by atomic mass is 16.5. The van der Waals surface area contributed by atoms with Gasteiger partial charge in [0.15, 0.2) is 5.82 Å². The third kappa shape index (κ3) is 3.37. The van der Waals surface area contributed by atoms with Crippen molar-refractivity contribution in [3.05, 3.63) is 53.7 Å². The number of anilines is 2. The lowest BCUT2D eigenvalue weighted by atomic mass is 9.74. The van der Waals surface area contributed by atoms with Crippen molar-refractivity contribution >= 4 is 23.3 Å². The average Bonchev–Trinajstić information content (AvgIpc) is 3.23. The molecular formula is C25H26N6O3. The van der Waals surface area contributed by atoms with Crippen molar-refractivity contribution in [2.75, 3.05) is 37.0 Å². The highest BCUT2D eigenvalue weighted by Crippen LogP contribution is 2.47. The first-order valence-corrected chi connectivity index (χ1v) is 11.4. The molecule has 2 atom stereocenters. The van der Waals surface area contributed by atoms with Crippen molar-refractivity contribution in [3.8, 4) is 12.1 Å². The Morgan fingerprint density at radius 1 is 1.38 bits per heavy atom. The van der Waals surface area contributed by atoms with E-state index in [1.165, 1.54) is 18.7 Å². The van der Waals surface area contributed by atoms with Crippen molar-refractivity contribution in [3.63, 3.8) is 0 Å². The lowest BCUT2D eigenvalue weighted by Crippen LogP contribution is -2.55. The Bertz CT molecular complexity index is 1220. The lowest BCUT2D eigenvalue weighted by molar-refractivity contribution is -0.128. The van der Waals surface area contributed by atoms with Gasteiger partial charge < -0.3 is 19.9 Å². The van der Waals surface area contributed by atoms with Gasteiger partial charge in [-0.3, -0.25) is 9.59 Å². The highest BCUT2D eigenvalue weighted by molar-refractivity contribution is 6.04. The van der Waals surface area contributed by atoms with Crippen molar-refractivity contribution in [2.45, 2.75) is 37.1 Å². The molecular weight excluding hydrogens is 432 g/mol. The van der Waals surface area contributed by atoms with E-state index >= 15 is 0 Å². The molecule has 1 fully saturated rings. The minimum absolute atomic E-state index is 0.0472. The zero-order chi connectivity index (χ0) is 23.9. The molecule has 0 saturated carbocycles. The zero-order valence-corrected chi connectivity index (χ0v) is 19.1. The molecule has 3 aliphatic rings. The van der Waals surface area contributed by atoms with Crippen molar-refractivity contribution in [1.82, 2.24) is 14.9 Å². The van der Waals surface area contributed by atoms with Crippen LogP contribution >= 0.6 is 0 Å². The van der Waals surface area contributed by atoms with Crippen LogP contribution in [0.15, 0.2) is 36.9 Å². The summed E-state index contributed by atoms with van der Waals surface area (Å²) in [4.78, 5) is 38.7. The third-order valence-electron chi connectivity index (χ3n) is 7.19. The number of nitriles is 1. The van der Waals surface area contributed by atoms with E-state index in [-0.39, 0.29) is 30.3 Å². The summed E-state index contributed by atoms with van der Waals surface area (Å²) in [5, 5.41) is 12.4. The summed E-state index contributed by atoms with van der Waals surface area (Å²) in [6.07, 6.45) is 3.50. The predicted molar refractivity (Wildman–Crippen MR) is 125 cm³/mol. The molecule has 2 aliphatic heterocycles. The number of hydrogen-bond acceptors (Lipinski definition) is 7. The number of amides is 2. The van der Waals surface area contributed by atoms with E-state index in [0.717, 1.165) is 24.1 Å². The van der Waals surface area contributed by atoms with Crippen LogP contribution in [0, 0.1) is 11.3 Å². The summed E-state index contributed by atoms with van der Waals surface area (Å²) in [7, 11) is 1.52. The van der Waals surface area contributed by atoms with Crippen LogP contribution in [0.2, 0.25) is 0 Å². The predicted octanol–water partition coefficient (Wildman–Crippen LogP) is 1.98. The number of hydrogen-bond donors (Lipinski definition) is 1. The minimum atomic E-state index is -0.654. The summed E-state index contributed by atoms with van der Waals surface area (Å²) in [6, 6.07) is 10.2. The topological polar surface area (TPSA) is 111 Å². The molecule has 1 spiro atoms. The number of nitrogens with one attached hydrogen (secondary N) is 1. The Morgan fingerprint density at radius 3 is 2.97 bits per heavy atom. The molecule has 0 radical (unpaired) electrons. The second kappa shape index (κ2) is 8.45. The number of fused-ring (bicyclic) bond motifs is 3. The second-order valence-electron chi connectivity index (χ2n) is 8.92. The Balaban J connectivity index is 1.52. The summed E-state index contributed by atoms with van der Waals surface area (Å²) >= 11 is 0. The lowest BCUT2D eigenvalue weighted by Gasteiger charge is -2.42. The van der Waals surface area contributed by atoms with E-state index in [9.17, 15) is 14.9 Å². The van der Waals surface area contributed by atoms with Gasteiger partial charge in [0.2, 0.25) is 11.8 Å². The molecule has 9 nitrogen and oxygen atoms in total. The molecule has 2 unspecified atom stereocenters. The van der Waals surface area contributed by atoms with Crippen LogP contribution in [0.1, 0.15) is 29.7 Å². The molecule has 2 aromatic rings. The van der Waals surface area contributed by atoms with Gasteiger partial charge in [-0.1, -0.05) is 30.8 Å². The quantitative estimate of drug-likeness (QED) is 0.698. The number of aromatic nitrogens is 2. The van der Waals surface area contributed by atoms with E-state index in [1.807, 2.05) is 23.1 Å². The van der Waals surface area contributed by atoms with E-state index in [1.54, 1.807) is 4.90 Å². The normalized spacial score (nSPS) is 23.1. The van der Waals surface area contributed by atoms with Crippen LogP contribution in [0.3, 0.4) is 0 Å². The number of piperazine rings is 1. The fourth-order valence-corrected chi connectivity index (χ4v) is 5.49. The van der Waals surface area contributed by atoms with Crippen LogP contribution < -0.4 is 15.0 Å². The van der Waals surface area contributed by atoms with Gasteiger partial charge in [0.1, 0.15) is 5.69 Å². The first kappa shape index (κ1) is 21.9. The van der Waals surface area contributed by atoms with Crippen molar-refractivity contribution < 1.29 is 14.3 Å². The highest BCUT2D eigenvalue weighted by Gasteiger charge is 2.49. The zero-order valence-electron chi connectivity index (χ0n) is 19.1. The number of carbonyl (C=O) groups is 2. The number of ether oxygens (including phenoxy) is 1. The standard InChI is InChI=1S/C25H26N6O3/c1-3-20(32)31-13-12-30(15-17(31)9-11-26)22-21-19(27-24(29-22)34-2)14-25(23(33)28-21)10-8-16-6-4-5-7-18(16)25/h3-7,17H,1,8-10,12-15H2,2H3,(H,28,33). The number of benzene rings is 1. The maximum absolute atomic E-state index is 13.6. The number of nitrogens with zero attached hydrogens (tertiary/aromatic N) is 5. The molecule has 2 amide bonds. The molecule has 9 heteroatoms. The van der Waals surface area contributed by atoms with Crippen LogP contribution in [0.4, 0.5) is 11.5 Å². The number of carbonyl (C=O) groups excluding carboxylic acids is 2. The summed E-state index contributed by atoms with van der Waals surface area (Å²) in [5.74, 6) is 0.316. The molecule has 1 N–H and O–H groups in total. The first-order valence-electron chi connectivity index (χ1n) is 11.4. The number of aryl methyl sites for hydroxylation is 1. The molecule has 34 heavy (non-hydrogen) atoms. The Morgan fingerprint density at radius 2 is 2.21 bits per heavy atom. The van der Waals surface area contributed by atoms with E-state index in [4.69, 9.17) is 4.74 Å². The number of rotatable bonds is 4. The Labute approximate surface area is 198 Å². The third-order valence-corrected chi connectivity index (χ3v) is 7.19. The molecule has 1 saturated heterocycles. The van der Waals surface area contributed by atoms with E-state index < -0.39 is 5.41 Å². The Hall–Kier alpha value is -3.93. The van der Waals surface area contributed by atoms with E-state index in [2.05, 4.69) is 34.0 Å². The molecule has 0 bridgehead atoms. The van der Waals surface area contributed by atoms with Crippen LogP contribution in [-0.2, 0) is 27.8 Å². The molecule has 1 aromatic carbocycles. The van der Waals surface area contributed by atoms with Gasteiger partial charge >= 0.3 is 6.01 Å². The second-order valence-corrected chi connectivity index (χ2v) is 8.92. The van der Waals surface area contributed by atoms with Gasteiger partial charge in [0.05, 0.1) is 36.8 Å². The van der Waals surface area contributed by atoms with Gasteiger partial charge in [-0.05, 0) is 30.0 Å². The number of methoxy groups -OCH3 is 1. The Kier molecular flexibility index (Phi) is 5.44. The molecule has 1 aromatic heterocycles. The smallest absolute Gasteiger partial charge is 0.318 e. The van der Waals surface area contributed by atoms with E-state index in [0.29, 0.717) is 37.6 Å². The van der Waals surface area contributed by atoms with Gasteiger partial charge in [-0.25, -0.2) is 0 Å². The van der Waals surface area contributed by atoms with Crippen molar-refractivity contribution in [2.24, 2.45) is 0 Å². The van der Waals surface area contributed by atoms with Crippen LogP contribution in [0.25, 0.3) is 0 Å². The van der Waals surface area contributed by atoms with Gasteiger partial charge in [0.25, 0.3) is 0 Å². The summed E-state index contributed by atoms with van der Waals surface area (Å²) < 4.78 is 5.42. The molecule has 5 rings (SSSR count). The fourth-order valence-electron chi connectivity index (χ4n) is 5.49. The van der Waals surface area contributed by atoms with Gasteiger partial charge in [-0.15, -0.1) is 0 Å². The largest absolute Gasteiger partial charge is 0.467 e. The minimum Gasteiger partial charge on any atom is -0.467 e. The van der Waals surface area contributed by atoms with Crippen molar-refractivity contribution in [1.29, 1.82) is 5.26 Å². The summed E-state index contributed by atoms with van der Waals surface area (Å²) in [6.45, 7) is 4.90. The van der Waals surface area contributed by atoms with Gasteiger partial charge in [-0.2, -0.15) is 15.2 Å². The maximum Gasteiger partial charge on any atom is 0.318 e. The maximum atomic E-state index is 13.6. The fraction of sp³-hybridized carbons (Fsp3) is 0.400. The van der Waals surface area contributed by atoms with Crippen LogP contribution in [0.5, 0.6) is 6.01 Å². The van der Waals surface area contributed by atoms with Gasteiger partial charge in [0, 0.05) is 26.1 Å². The summed E-state index contributed by atoms with van der Waals surface area (Å²) in [5.41, 5.74) is 2.92. The first-order chi connectivity index (χ1) is 16.5. The average molecular weight is 459 g/mol. The SMILES string of the molecule is C=CC(=O)N1CCN(c2nc(OC)nc3c2NC(=O)C2(CCc4ccccc42)C3)CC1CC#N. The molecule has 174 valence electrons. The monoisotopic (exact) mass is 458 g/mol.